The third kappa shape index (κ3) is 3.23. The van der Waals surface area contributed by atoms with Gasteiger partial charge in [-0.3, -0.25) is 9.88 Å². The summed E-state index contributed by atoms with van der Waals surface area (Å²) >= 11 is 0. The molecular weight excluding hydrogens is 414 g/mol. The number of hydrogen-bond acceptors (Lipinski definition) is 6. The Morgan fingerprint density at radius 3 is 2.53 bits per heavy atom. The second-order valence-electron chi connectivity index (χ2n) is 9.12. The first-order valence-corrected chi connectivity index (χ1v) is 11.1. The molecule has 32 heavy (non-hydrogen) atoms. The molecule has 2 saturated heterocycles. The smallest absolute Gasteiger partial charge is 0.163 e. The topological polar surface area (TPSA) is 66.4 Å². The van der Waals surface area contributed by atoms with E-state index in [1.165, 1.54) is 12.1 Å². The molecule has 0 aliphatic carbocycles. The van der Waals surface area contributed by atoms with E-state index in [0.29, 0.717) is 42.0 Å². The highest BCUT2D eigenvalue weighted by Gasteiger charge is 2.32. The van der Waals surface area contributed by atoms with Crippen LogP contribution >= 0.6 is 0 Å². The molecule has 1 unspecified atom stereocenters. The maximum Gasteiger partial charge on any atom is 0.163 e. The normalized spacial score (nSPS) is 25.2. The molecule has 3 atom stereocenters. The molecule has 0 amide bonds. The van der Waals surface area contributed by atoms with E-state index in [4.69, 9.17) is 9.72 Å². The number of nitrogens with zero attached hydrogens (tertiary/aromatic N) is 3. The molecule has 2 fully saturated rings. The molecule has 3 aromatic rings. The summed E-state index contributed by atoms with van der Waals surface area (Å²) in [6.07, 6.45) is -0.221. The summed E-state index contributed by atoms with van der Waals surface area (Å²) in [6.45, 7) is 7.33. The van der Waals surface area contributed by atoms with Gasteiger partial charge in [0.05, 0.1) is 36.2 Å². The summed E-state index contributed by atoms with van der Waals surface area (Å²) in [6, 6.07) is 9.39. The number of rotatable bonds is 3. The van der Waals surface area contributed by atoms with Crippen LogP contribution in [0.4, 0.5) is 20.3 Å². The van der Waals surface area contributed by atoms with Crippen molar-refractivity contribution in [2.75, 3.05) is 36.5 Å². The van der Waals surface area contributed by atoms with Crippen molar-refractivity contribution in [3.05, 3.63) is 47.7 Å². The molecule has 1 aromatic carbocycles. The van der Waals surface area contributed by atoms with E-state index in [-0.39, 0.29) is 12.2 Å². The number of piperazine rings is 1. The Morgan fingerprint density at radius 1 is 1.06 bits per heavy atom. The van der Waals surface area contributed by atoms with Crippen LogP contribution in [0.25, 0.3) is 16.7 Å². The van der Waals surface area contributed by atoms with Crippen LogP contribution in [0.3, 0.4) is 0 Å². The van der Waals surface area contributed by atoms with Gasteiger partial charge in [-0.25, -0.2) is 13.8 Å². The average Bonchev–Trinajstić information content (AvgIpc) is 3.08. The van der Waals surface area contributed by atoms with Gasteiger partial charge in [-0.15, -0.1) is 0 Å². The SMILES string of the molecule is C[C@@H]1CN(c2ccc3c(n2)-n2c(cc4cc(F)c(F)cc42)C(NC2COC2)N3)C[C@H](C)N1. The Labute approximate surface area is 184 Å². The van der Waals surface area contributed by atoms with E-state index in [0.717, 1.165) is 30.3 Å². The fourth-order valence-electron chi connectivity index (χ4n) is 5.01. The first-order chi connectivity index (χ1) is 15.5. The van der Waals surface area contributed by atoms with E-state index >= 15 is 0 Å². The lowest BCUT2D eigenvalue weighted by atomic mass is 10.1. The van der Waals surface area contributed by atoms with Crippen LogP contribution in [-0.2, 0) is 4.74 Å². The fraction of sp³-hybridized carbons (Fsp3) is 0.435. The molecule has 168 valence electrons. The predicted molar refractivity (Wildman–Crippen MR) is 119 cm³/mol. The lowest BCUT2D eigenvalue weighted by Crippen LogP contribution is -2.54. The van der Waals surface area contributed by atoms with Gasteiger partial charge in [0.25, 0.3) is 0 Å². The molecule has 3 aliphatic rings. The largest absolute Gasteiger partial charge is 0.378 e. The first kappa shape index (κ1) is 19.9. The minimum absolute atomic E-state index is 0.221. The van der Waals surface area contributed by atoms with Crippen molar-refractivity contribution < 1.29 is 13.5 Å². The molecule has 0 radical (unpaired) electrons. The molecular formula is C23H26F2N6O. The van der Waals surface area contributed by atoms with E-state index in [9.17, 15) is 8.78 Å². The maximum absolute atomic E-state index is 14.2. The highest BCUT2D eigenvalue weighted by Crippen LogP contribution is 2.38. The summed E-state index contributed by atoms with van der Waals surface area (Å²) in [5, 5.41) is 11.2. The van der Waals surface area contributed by atoms with Gasteiger partial charge >= 0.3 is 0 Å². The van der Waals surface area contributed by atoms with Crippen molar-refractivity contribution in [3.8, 4) is 5.82 Å². The maximum atomic E-state index is 14.2. The quantitative estimate of drug-likeness (QED) is 0.582. The second kappa shape index (κ2) is 7.40. The first-order valence-electron chi connectivity index (χ1n) is 11.1. The van der Waals surface area contributed by atoms with Crippen molar-refractivity contribution in [2.45, 2.75) is 38.1 Å². The molecule has 0 saturated carbocycles. The van der Waals surface area contributed by atoms with Crippen LogP contribution in [0, 0.1) is 11.6 Å². The van der Waals surface area contributed by atoms with Crippen LogP contribution in [0.1, 0.15) is 25.7 Å². The Balaban J connectivity index is 1.48. The number of anilines is 2. The van der Waals surface area contributed by atoms with Gasteiger partial charge in [-0.2, -0.15) is 0 Å². The average molecular weight is 440 g/mol. The second-order valence-corrected chi connectivity index (χ2v) is 9.12. The van der Waals surface area contributed by atoms with Crippen molar-refractivity contribution in [2.24, 2.45) is 0 Å². The summed E-state index contributed by atoms with van der Waals surface area (Å²) < 4.78 is 35.5. The molecule has 9 heteroatoms. The fourth-order valence-corrected chi connectivity index (χ4v) is 5.01. The zero-order chi connectivity index (χ0) is 22.0. The third-order valence-electron chi connectivity index (χ3n) is 6.46. The predicted octanol–water partition coefficient (Wildman–Crippen LogP) is 2.90. The number of halogens is 2. The zero-order valence-corrected chi connectivity index (χ0v) is 18.0. The highest BCUT2D eigenvalue weighted by atomic mass is 19.2. The van der Waals surface area contributed by atoms with E-state index in [1.54, 1.807) is 0 Å². The molecule has 2 aromatic heterocycles. The number of ether oxygens (including phenoxy) is 1. The van der Waals surface area contributed by atoms with Gasteiger partial charge in [0.1, 0.15) is 12.0 Å². The number of fused-ring (bicyclic) bond motifs is 5. The van der Waals surface area contributed by atoms with Gasteiger partial charge in [-0.05, 0) is 38.1 Å². The molecule has 0 bridgehead atoms. The lowest BCUT2D eigenvalue weighted by Gasteiger charge is -2.38. The third-order valence-corrected chi connectivity index (χ3v) is 6.46. The van der Waals surface area contributed by atoms with Gasteiger partial charge in [0, 0.05) is 36.6 Å². The number of hydrogen-bond donors (Lipinski definition) is 3. The van der Waals surface area contributed by atoms with E-state index in [2.05, 4.69) is 34.7 Å². The highest BCUT2D eigenvalue weighted by molar-refractivity contribution is 5.86. The summed E-state index contributed by atoms with van der Waals surface area (Å²) in [7, 11) is 0. The molecule has 3 N–H and O–H groups in total. The van der Waals surface area contributed by atoms with Gasteiger partial charge in [-0.1, -0.05) is 0 Å². The number of pyridine rings is 1. The lowest BCUT2D eigenvalue weighted by molar-refractivity contribution is -0.00913. The molecule has 3 aliphatic heterocycles. The van der Waals surface area contributed by atoms with Gasteiger partial charge in [0.15, 0.2) is 17.5 Å². The number of benzene rings is 1. The van der Waals surface area contributed by atoms with E-state index in [1.807, 2.05) is 22.8 Å². The minimum Gasteiger partial charge on any atom is -0.378 e. The van der Waals surface area contributed by atoms with Gasteiger partial charge in [0.2, 0.25) is 0 Å². The van der Waals surface area contributed by atoms with Crippen LogP contribution in [0.15, 0.2) is 30.3 Å². The van der Waals surface area contributed by atoms with Crippen LogP contribution in [0.2, 0.25) is 0 Å². The summed E-state index contributed by atoms with van der Waals surface area (Å²) in [5.74, 6) is -0.146. The minimum atomic E-state index is -0.865. The van der Waals surface area contributed by atoms with Gasteiger partial charge < -0.3 is 20.3 Å². The molecule has 7 nitrogen and oxygen atoms in total. The Bertz CT molecular complexity index is 1180. The van der Waals surface area contributed by atoms with Crippen LogP contribution in [0.5, 0.6) is 0 Å². The Kier molecular flexibility index (Phi) is 4.60. The molecule has 0 spiro atoms. The van der Waals surface area contributed by atoms with Crippen LogP contribution in [-0.4, -0.2) is 54.0 Å². The Morgan fingerprint density at radius 2 is 1.81 bits per heavy atom. The number of aromatic nitrogens is 2. The number of nitrogens with one attached hydrogen (secondary N) is 3. The molecule has 6 rings (SSSR count). The summed E-state index contributed by atoms with van der Waals surface area (Å²) in [4.78, 5) is 7.27. The van der Waals surface area contributed by atoms with Crippen molar-refractivity contribution in [3.63, 3.8) is 0 Å². The van der Waals surface area contributed by atoms with Crippen molar-refractivity contribution in [1.29, 1.82) is 0 Å². The summed E-state index contributed by atoms with van der Waals surface area (Å²) in [5.41, 5.74) is 2.32. The Hall–Kier alpha value is -2.75. The van der Waals surface area contributed by atoms with Crippen molar-refractivity contribution >= 4 is 22.4 Å². The standard InChI is InChI=1S/C23H26F2N6O/c1-12-8-30(9-13(2)26-12)21-4-3-18-23(29-21)31-19-7-17(25)16(24)5-14(19)6-20(31)22(28-18)27-15-10-32-11-15/h3-7,12-13,15,22,26-28H,8-11H2,1-2H3/t12-,13+,22?. The monoisotopic (exact) mass is 440 g/mol. The molecule has 5 heterocycles. The zero-order valence-electron chi connectivity index (χ0n) is 18.0. The van der Waals surface area contributed by atoms with Crippen LogP contribution < -0.4 is 20.9 Å². The van der Waals surface area contributed by atoms with Crippen molar-refractivity contribution in [1.82, 2.24) is 20.2 Å². The van der Waals surface area contributed by atoms with E-state index < -0.39 is 11.6 Å².